The van der Waals surface area contributed by atoms with E-state index in [4.69, 9.17) is 0 Å². The minimum Gasteiger partial charge on any atom is -0.349 e. The molecule has 5 rings (SSSR count). The highest BCUT2D eigenvalue weighted by Crippen LogP contribution is 2.32. The summed E-state index contributed by atoms with van der Waals surface area (Å²) in [4.78, 5) is 25.4. The molecule has 7 heteroatoms. The SMILES string of the molecule is O=C1CCc2cc(S(=O)(=O)CC(C(=O)NC3CCCc4ccccc43)c3ccccc3)ccc2N1. The third-order valence-electron chi connectivity index (χ3n) is 6.92. The van der Waals surface area contributed by atoms with Gasteiger partial charge in [-0.05, 0) is 66.1 Å². The van der Waals surface area contributed by atoms with Gasteiger partial charge in [-0.2, -0.15) is 0 Å². The minimum absolute atomic E-state index is 0.0711. The fraction of sp³-hybridized carbons (Fsp3) is 0.286. The summed E-state index contributed by atoms with van der Waals surface area (Å²) in [6, 6.07) is 21.8. The van der Waals surface area contributed by atoms with Gasteiger partial charge in [-0.15, -0.1) is 0 Å². The van der Waals surface area contributed by atoms with E-state index < -0.39 is 15.8 Å². The van der Waals surface area contributed by atoms with E-state index in [0.29, 0.717) is 24.1 Å². The van der Waals surface area contributed by atoms with E-state index >= 15 is 0 Å². The molecule has 180 valence electrons. The van der Waals surface area contributed by atoms with Crippen molar-refractivity contribution < 1.29 is 18.0 Å². The van der Waals surface area contributed by atoms with E-state index in [1.807, 2.05) is 36.4 Å². The molecule has 0 spiro atoms. The van der Waals surface area contributed by atoms with Crippen LogP contribution >= 0.6 is 0 Å². The summed E-state index contributed by atoms with van der Waals surface area (Å²) >= 11 is 0. The van der Waals surface area contributed by atoms with Crippen LogP contribution in [0.4, 0.5) is 5.69 Å². The third kappa shape index (κ3) is 5.00. The fourth-order valence-corrected chi connectivity index (χ4v) is 6.63. The molecule has 2 N–H and O–H groups in total. The number of carbonyl (C=O) groups is 2. The molecule has 1 aliphatic carbocycles. The topological polar surface area (TPSA) is 92.3 Å². The molecule has 0 aromatic heterocycles. The second-order valence-corrected chi connectivity index (χ2v) is 11.3. The Balaban J connectivity index is 1.42. The van der Waals surface area contributed by atoms with Crippen molar-refractivity contribution in [1.29, 1.82) is 0 Å². The first-order valence-electron chi connectivity index (χ1n) is 12.0. The minimum atomic E-state index is -3.77. The van der Waals surface area contributed by atoms with Gasteiger partial charge in [0, 0.05) is 12.1 Å². The van der Waals surface area contributed by atoms with Crippen molar-refractivity contribution in [2.75, 3.05) is 11.1 Å². The number of aryl methyl sites for hydroxylation is 2. The number of nitrogens with one attached hydrogen (secondary N) is 2. The number of sulfone groups is 1. The van der Waals surface area contributed by atoms with Crippen LogP contribution in [0.25, 0.3) is 0 Å². The average molecular weight is 489 g/mol. The molecule has 0 fully saturated rings. The Morgan fingerprint density at radius 1 is 0.943 bits per heavy atom. The van der Waals surface area contributed by atoms with Gasteiger partial charge in [0.2, 0.25) is 11.8 Å². The number of anilines is 1. The number of fused-ring (bicyclic) bond motifs is 2. The lowest BCUT2D eigenvalue weighted by molar-refractivity contribution is -0.123. The highest BCUT2D eigenvalue weighted by atomic mass is 32.2. The Bertz CT molecular complexity index is 1370. The monoisotopic (exact) mass is 488 g/mol. The van der Waals surface area contributed by atoms with Crippen molar-refractivity contribution in [1.82, 2.24) is 5.32 Å². The van der Waals surface area contributed by atoms with Crippen molar-refractivity contribution in [3.63, 3.8) is 0 Å². The Morgan fingerprint density at radius 2 is 1.71 bits per heavy atom. The van der Waals surface area contributed by atoms with Crippen molar-refractivity contribution in [2.24, 2.45) is 0 Å². The number of benzene rings is 3. The maximum absolute atomic E-state index is 13.6. The predicted octanol–water partition coefficient (Wildman–Crippen LogP) is 4.32. The molecule has 6 nitrogen and oxygen atoms in total. The normalized spacial score (nSPS) is 18.1. The maximum atomic E-state index is 13.6. The smallest absolute Gasteiger partial charge is 0.229 e. The summed E-state index contributed by atoms with van der Waals surface area (Å²) in [5, 5.41) is 5.93. The fourth-order valence-electron chi connectivity index (χ4n) is 5.05. The van der Waals surface area contributed by atoms with Crippen molar-refractivity contribution in [2.45, 2.75) is 49.0 Å². The van der Waals surface area contributed by atoms with E-state index in [-0.39, 0.29) is 28.5 Å². The number of rotatable bonds is 6. The van der Waals surface area contributed by atoms with Gasteiger partial charge in [0.1, 0.15) is 0 Å². The Hall–Kier alpha value is -3.45. The molecule has 0 saturated carbocycles. The molecule has 0 saturated heterocycles. The number of hydrogen-bond donors (Lipinski definition) is 2. The average Bonchev–Trinajstić information content (AvgIpc) is 2.87. The van der Waals surface area contributed by atoms with E-state index in [1.165, 1.54) is 11.6 Å². The van der Waals surface area contributed by atoms with Gasteiger partial charge in [-0.25, -0.2) is 8.42 Å². The largest absolute Gasteiger partial charge is 0.349 e. The van der Waals surface area contributed by atoms with E-state index in [1.54, 1.807) is 24.3 Å². The number of carbonyl (C=O) groups excluding carboxylic acids is 2. The summed E-state index contributed by atoms with van der Waals surface area (Å²) in [7, 11) is -3.77. The summed E-state index contributed by atoms with van der Waals surface area (Å²) < 4.78 is 27.0. The molecule has 3 aromatic carbocycles. The molecule has 0 radical (unpaired) electrons. The van der Waals surface area contributed by atoms with Gasteiger partial charge in [-0.1, -0.05) is 54.6 Å². The van der Waals surface area contributed by atoms with Gasteiger partial charge in [0.15, 0.2) is 9.84 Å². The first-order chi connectivity index (χ1) is 16.9. The molecule has 2 amide bonds. The molecule has 1 aliphatic heterocycles. The van der Waals surface area contributed by atoms with Crippen LogP contribution in [-0.2, 0) is 32.3 Å². The molecular weight excluding hydrogens is 460 g/mol. The Kier molecular flexibility index (Phi) is 6.43. The second kappa shape index (κ2) is 9.66. The molecular formula is C28H28N2O4S. The highest BCUT2D eigenvalue weighted by molar-refractivity contribution is 7.91. The predicted molar refractivity (Wildman–Crippen MR) is 135 cm³/mol. The van der Waals surface area contributed by atoms with Gasteiger partial charge in [0.25, 0.3) is 0 Å². The van der Waals surface area contributed by atoms with Gasteiger partial charge in [-0.3, -0.25) is 9.59 Å². The molecule has 0 bridgehead atoms. The van der Waals surface area contributed by atoms with Crippen LogP contribution < -0.4 is 10.6 Å². The standard InChI is InChI=1S/C28H28N2O4S/c31-27-16-13-21-17-22(14-15-25(21)29-27)35(33,34)18-24(20-7-2-1-3-8-20)28(32)30-26-12-6-10-19-9-4-5-11-23(19)26/h1-5,7-9,11,14-15,17,24,26H,6,10,12-13,16,18H2,(H,29,31)(H,30,32). The van der Waals surface area contributed by atoms with E-state index in [2.05, 4.69) is 16.7 Å². The summed E-state index contributed by atoms with van der Waals surface area (Å²) in [6.45, 7) is 0. The molecule has 35 heavy (non-hydrogen) atoms. The van der Waals surface area contributed by atoms with Crippen LogP contribution in [0.15, 0.2) is 77.7 Å². The lowest BCUT2D eigenvalue weighted by atomic mass is 9.87. The molecule has 2 atom stereocenters. The molecule has 2 unspecified atom stereocenters. The van der Waals surface area contributed by atoms with Crippen LogP contribution in [0.1, 0.15) is 53.5 Å². The van der Waals surface area contributed by atoms with E-state index in [0.717, 1.165) is 30.4 Å². The molecule has 2 aliphatic rings. The first kappa shape index (κ1) is 23.3. The zero-order valence-electron chi connectivity index (χ0n) is 19.4. The number of amides is 2. The zero-order valence-corrected chi connectivity index (χ0v) is 20.2. The van der Waals surface area contributed by atoms with Gasteiger partial charge >= 0.3 is 0 Å². The first-order valence-corrected chi connectivity index (χ1v) is 13.6. The van der Waals surface area contributed by atoms with Crippen LogP contribution in [0, 0.1) is 0 Å². The van der Waals surface area contributed by atoms with Crippen molar-refractivity contribution in [3.8, 4) is 0 Å². The van der Waals surface area contributed by atoms with Crippen LogP contribution in [0.5, 0.6) is 0 Å². The van der Waals surface area contributed by atoms with E-state index in [9.17, 15) is 18.0 Å². The van der Waals surface area contributed by atoms with Crippen molar-refractivity contribution >= 4 is 27.3 Å². The molecule has 3 aromatic rings. The quantitative estimate of drug-likeness (QED) is 0.540. The second-order valence-electron chi connectivity index (χ2n) is 9.26. The van der Waals surface area contributed by atoms with Crippen molar-refractivity contribution in [3.05, 3.63) is 95.1 Å². The summed E-state index contributed by atoms with van der Waals surface area (Å²) in [5.74, 6) is -1.53. The van der Waals surface area contributed by atoms with Crippen LogP contribution in [0.3, 0.4) is 0 Å². The lowest BCUT2D eigenvalue weighted by Crippen LogP contribution is -2.37. The Morgan fingerprint density at radius 3 is 2.54 bits per heavy atom. The van der Waals surface area contributed by atoms with Gasteiger partial charge < -0.3 is 10.6 Å². The van der Waals surface area contributed by atoms with Gasteiger partial charge in [0.05, 0.1) is 22.6 Å². The lowest BCUT2D eigenvalue weighted by Gasteiger charge is -2.28. The number of hydrogen-bond acceptors (Lipinski definition) is 4. The van der Waals surface area contributed by atoms with Crippen LogP contribution in [-0.4, -0.2) is 26.0 Å². The third-order valence-corrected chi connectivity index (χ3v) is 8.67. The molecule has 1 heterocycles. The summed E-state index contributed by atoms with van der Waals surface area (Å²) in [5.41, 5.74) is 4.45. The zero-order chi connectivity index (χ0) is 24.4. The maximum Gasteiger partial charge on any atom is 0.229 e. The summed E-state index contributed by atoms with van der Waals surface area (Å²) in [6.07, 6.45) is 3.61. The van der Waals surface area contributed by atoms with Crippen LogP contribution in [0.2, 0.25) is 0 Å². The highest BCUT2D eigenvalue weighted by Gasteiger charge is 2.31. The Labute approximate surface area is 205 Å².